The summed E-state index contributed by atoms with van der Waals surface area (Å²) in [6.07, 6.45) is 1.76. The molecular weight excluding hydrogens is 328 g/mol. The molecule has 1 atom stereocenters. The van der Waals surface area contributed by atoms with Crippen molar-refractivity contribution in [3.63, 3.8) is 0 Å². The first-order chi connectivity index (χ1) is 12.4. The van der Waals surface area contributed by atoms with E-state index in [1.165, 1.54) is 6.92 Å². The molecule has 136 valence electrons. The monoisotopic (exact) mass is 352 g/mol. The van der Waals surface area contributed by atoms with Crippen molar-refractivity contribution in [1.29, 1.82) is 0 Å². The zero-order chi connectivity index (χ0) is 18.7. The molecule has 5 heteroatoms. The highest BCUT2D eigenvalue weighted by Gasteiger charge is 2.25. The maximum Gasteiger partial charge on any atom is 0.253 e. The highest BCUT2D eigenvalue weighted by atomic mass is 16.3. The van der Waals surface area contributed by atoms with Crippen molar-refractivity contribution in [2.24, 2.45) is 0 Å². The largest absolute Gasteiger partial charge is 0.507 e. The lowest BCUT2D eigenvalue weighted by Crippen LogP contribution is -2.49. The molecule has 0 bridgehead atoms. The minimum Gasteiger partial charge on any atom is -0.507 e. The standard InChI is InChI=1S/C21H24N2O3/c1-14-8-9-20(25)19(11-14)16-5-3-6-17(12-16)21(26)23-10-4-7-18(13-23)22-15(2)24/h3,5-6,8-9,11-12,18,25H,4,7,10,13H2,1-2H3,(H,22,24). The van der Waals surface area contributed by atoms with E-state index < -0.39 is 0 Å². The van der Waals surface area contributed by atoms with Gasteiger partial charge in [-0.3, -0.25) is 9.59 Å². The third kappa shape index (κ3) is 4.04. The maximum absolute atomic E-state index is 12.9. The number of aromatic hydroxyl groups is 1. The van der Waals surface area contributed by atoms with Gasteiger partial charge in [0.1, 0.15) is 5.75 Å². The average molecular weight is 352 g/mol. The molecule has 1 heterocycles. The van der Waals surface area contributed by atoms with E-state index in [0.717, 1.165) is 29.5 Å². The van der Waals surface area contributed by atoms with Crippen LogP contribution in [0.2, 0.25) is 0 Å². The number of amides is 2. The molecule has 1 aliphatic heterocycles. The molecule has 2 aromatic carbocycles. The molecule has 0 spiro atoms. The number of hydrogen-bond donors (Lipinski definition) is 2. The van der Waals surface area contributed by atoms with Crippen LogP contribution in [-0.4, -0.2) is 41.0 Å². The molecule has 26 heavy (non-hydrogen) atoms. The molecule has 1 unspecified atom stereocenters. The first-order valence-electron chi connectivity index (χ1n) is 8.90. The van der Waals surface area contributed by atoms with Crippen LogP contribution in [0, 0.1) is 6.92 Å². The molecule has 2 N–H and O–H groups in total. The Hall–Kier alpha value is -2.82. The summed E-state index contributed by atoms with van der Waals surface area (Å²) in [5.41, 5.74) is 3.16. The number of rotatable bonds is 3. The third-order valence-electron chi connectivity index (χ3n) is 4.69. The van der Waals surface area contributed by atoms with Crippen molar-refractivity contribution in [3.8, 4) is 16.9 Å². The van der Waals surface area contributed by atoms with E-state index in [1.807, 2.05) is 37.3 Å². The average Bonchev–Trinajstić information content (AvgIpc) is 2.63. The second-order valence-electron chi connectivity index (χ2n) is 6.89. The molecule has 0 saturated carbocycles. The van der Waals surface area contributed by atoms with Gasteiger partial charge in [-0.15, -0.1) is 0 Å². The van der Waals surface area contributed by atoms with Crippen LogP contribution in [0.25, 0.3) is 11.1 Å². The van der Waals surface area contributed by atoms with Crippen LogP contribution in [0.1, 0.15) is 35.7 Å². The highest BCUT2D eigenvalue weighted by molar-refractivity contribution is 5.96. The van der Waals surface area contributed by atoms with Gasteiger partial charge in [0, 0.05) is 37.2 Å². The summed E-state index contributed by atoms with van der Waals surface area (Å²) >= 11 is 0. The number of aryl methyl sites for hydroxylation is 1. The Morgan fingerprint density at radius 2 is 2.00 bits per heavy atom. The van der Waals surface area contributed by atoms with Gasteiger partial charge < -0.3 is 15.3 Å². The molecule has 2 aromatic rings. The summed E-state index contributed by atoms with van der Waals surface area (Å²) in [4.78, 5) is 26.0. The Kier molecular flexibility index (Phi) is 5.26. The summed E-state index contributed by atoms with van der Waals surface area (Å²) < 4.78 is 0. The molecule has 0 aliphatic carbocycles. The van der Waals surface area contributed by atoms with E-state index in [1.54, 1.807) is 17.0 Å². The molecule has 5 nitrogen and oxygen atoms in total. The predicted molar refractivity (Wildman–Crippen MR) is 101 cm³/mol. The third-order valence-corrected chi connectivity index (χ3v) is 4.69. The van der Waals surface area contributed by atoms with Crippen molar-refractivity contribution in [2.45, 2.75) is 32.7 Å². The molecule has 1 fully saturated rings. The first-order valence-corrected chi connectivity index (χ1v) is 8.90. The Morgan fingerprint density at radius 1 is 1.19 bits per heavy atom. The van der Waals surface area contributed by atoms with E-state index in [9.17, 15) is 14.7 Å². The molecule has 1 saturated heterocycles. The van der Waals surface area contributed by atoms with Gasteiger partial charge in [0.2, 0.25) is 5.91 Å². The summed E-state index contributed by atoms with van der Waals surface area (Å²) in [6.45, 7) is 4.68. The quantitative estimate of drug-likeness (QED) is 0.892. The zero-order valence-corrected chi connectivity index (χ0v) is 15.2. The molecule has 0 radical (unpaired) electrons. The first kappa shape index (κ1) is 18.0. The number of carbonyl (C=O) groups is 2. The lowest BCUT2D eigenvalue weighted by atomic mass is 9.99. The maximum atomic E-state index is 12.9. The Balaban J connectivity index is 1.82. The summed E-state index contributed by atoms with van der Waals surface area (Å²) in [5, 5.41) is 13.1. The minimum atomic E-state index is -0.0683. The number of piperidine rings is 1. The fraction of sp³-hybridized carbons (Fsp3) is 0.333. The van der Waals surface area contributed by atoms with E-state index in [-0.39, 0.29) is 23.6 Å². The number of nitrogens with zero attached hydrogens (tertiary/aromatic N) is 1. The van der Waals surface area contributed by atoms with Gasteiger partial charge in [0.25, 0.3) is 5.91 Å². The number of phenolic OH excluding ortho intramolecular Hbond substituents is 1. The number of likely N-dealkylation sites (tertiary alicyclic amines) is 1. The Bertz CT molecular complexity index is 832. The Morgan fingerprint density at radius 3 is 2.77 bits per heavy atom. The van der Waals surface area contributed by atoms with Gasteiger partial charge >= 0.3 is 0 Å². The van der Waals surface area contributed by atoms with Crippen molar-refractivity contribution in [2.75, 3.05) is 13.1 Å². The molecular formula is C21H24N2O3. The SMILES string of the molecule is CC(=O)NC1CCCN(C(=O)c2cccc(-c3cc(C)ccc3O)c2)C1. The molecule has 3 rings (SSSR count). The molecule has 2 amide bonds. The fourth-order valence-corrected chi connectivity index (χ4v) is 3.45. The van der Waals surface area contributed by atoms with Crippen LogP contribution < -0.4 is 5.32 Å². The molecule has 1 aliphatic rings. The van der Waals surface area contributed by atoms with Crippen LogP contribution in [0.4, 0.5) is 0 Å². The highest BCUT2D eigenvalue weighted by Crippen LogP contribution is 2.30. The van der Waals surface area contributed by atoms with Gasteiger partial charge in [-0.1, -0.05) is 23.8 Å². The van der Waals surface area contributed by atoms with E-state index in [0.29, 0.717) is 18.7 Å². The van der Waals surface area contributed by atoms with Crippen LogP contribution in [0.15, 0.2) is 42.5 Å². The van der Waals surface area contributed by atoms with Crippen molar-refractivity contribution in [3.05, 3.63) is 53.6 Å². The van der Waals surface area contributed by atoms with Crippen molar-refractivity contribution >= 4 is 11.8 Å². The van der Waals surface area contributed by atoms with E-state index in [4.69, 9.17) is 0 Å². The van der Waals surface area contributed by atoms with Crippen molar-refractivity contribution < 1.29 is 14.7 Å². The summed E-state index contributed by atoms with van der Waals surface area (Å²) in [5.74, 6) is 0.0826. The van der Waals surface area contributed by atoms with E-state index in [2.05, 4.69) is 5.32 Å². The number of nitrogens with one attached hydrogen (secondary N) is 1. The van der Waals surface area contributed by atoms with Gasteiger partial charge in [0.15, 0.2) is 0 Å². The van der Waals surface area contributed by atoms with Crippen LogP contribution in [0.3, 0.4) is 0 Å². The van der Waals surface area contributed by atoms with Crippen LogP contribution in [0.5, 0.6) is 5.75 Å². The van der Waals surface area contributed by atoms with Crippen LogP contribution >= 0.6 is 0 Å². The van der Waals surface area contributed by atoms with E-state index >= 15 is 0 Å². The van der Waals surface area contributed by atoms with Gasteiger partial charge in [-0.05, 0) is 49.6 Å². The summed E-state index contributed by atoms with van der Waals surface area (Å²) in [6, 6.07) is 12.8. The van der Waals surface area contributed by atoms with Gasteiger partial charge in [-0.2, -0.15) is 0 Å². The second kappa shape index (κ2) is 7.60. The predicted octanol–water partition coefficient (Wildman–Crippen LogP) is 3.11. The van der Waals surface area contributed by atoms with Gasteiger partial charge in [0.05, 0.1) is 0 Å². The second-order valence-corrected chi connectivity index (χ2v) is 6.89. The van der Waals surface area contributed by atoms with Gasteiger partial charge in [-0.25, -0.2) is 0 Å². The van der Waals surface area contributed by atoms with Crippen LogP contribution in [-0.2, 0) is 4.79 Å². The van der Waals surface area contributed by atoms with Crippen molar-refractivity contribution in [1.82, 2.24) is 10.2 Å². The normalized spacial score (nSPS) is 17.0. The smallest absolute Gasteiger partial charge is 0.253 e. The lowest BCUT2D eigenvalue weighted by Gasteiger charge is -2.33. The molecule has 0 aromatic heterocycles. The number of benzene rings is 2. The fourth-order valence-electron chi connectivity index (χ4n) is 3.45. The Labute approximate surface area is 153 Å². The summed E-state index contributed by atoms with van der Waals surface area (Å²) in [7, 11) is 0. The minimum absolute atomic E-state index is 0.00852. The zero-order valence-electron chi connectivity index (χ0n) is 15.2. The number of carbonyl (C=O) groups excluding carboxylic acids is 2. The topological polar surface area (TPSA) is 69.6 Å². The number of phenols is 1. The lowest BCUT2D eigenvalue weighted by molar-refractivity contribution is -0.120. The number of hydrogen-bond acceptors (Lipinski definition) is 3.